The quantitative estimate of drug-likeness (QED) is 0.472. The van der Waals surface area contributed by atoms with Crippen LogP contribution in [0.3, 0.4) is 0 Å². The van der Waals surface area contributed by atoms with Crippen molar-refractivity contribution in [1.29, 1.82) is 0 Å². The molecule has 0 aromatic carbocycles. The summed E-state index contributed by atoms with van der Waals surface area (Å²) in [5.74, 6) is -0.0136. The molecular weight excluding hydrogens is 142 g/mol. The lowest BCUT2D eigenvalue weighted by atomic mass is 10.2. The van der Waals surface area contributed by atoms with Gasteiger partial charge in [0.25, 0.3) is 0 Å². The van der Waals surface area contributed by atoms with Gasteiger partial charge in [-0.15, -0.1) is 0 Å². The fourth-order valence-electron chi connectivity index (χ4n) is 0.739. The number of carbonyl (C=O) groups excluding carboxylic acids is 1. The Kier molecular flexibility index (Phi) is 7.15. The largest absolute Gasteiger partial charge is 0.274 e. The summed E-state index contributed by atoms with van der Waals surface area (Å²) in [6.45, 7) is 4.48. The number of amides is 1. The highest BCUT2D eigenvalue weighted by Crippen LogP contribution is 1.97. The van der Waals surface area contributed by atoms with E-state index in [0.717, 1.165) is 19.3 Å². The molecule has 66 valence electrons. The van der Waals surface area contributed by atoms with Crippen LogP contribution in [0.2, 0.25) is 0 Å². The molecule has 0 unspecified atom stereocenters. The average Bonchev–Trinajstić information content (AvgIpc) is 2.01. The van der Waals surface area contributed by atoms with Crippen molar-refractivity contribution in [2.45, 2.75) is 39.5 Å². The normalized spacial score (nSPS) is 9.64. The summed E-state index contributed by atoms with van der Waals surface area (Å²) >= 11 is 0. The van der Waals surface area contributed by atoms with E-state index in [-0.39, 0.29) is 5.91 Å². The predicted octanol–water partition coefficient (Wildman–Crippen LogP) is 1.63. The summed E-state index contributed by atoms with van der Waals surface area (Å²) in [7, 11) is 0. The van der Waals surface area contributed by atoms with E-state index in [9.17, 15) is 4.79 Å². The van der Waals surface area contributed by atoms with Crippen LogP contribution < -0.4 is 5.48 Å². The predicted molar refractivity (Wildman–Crippen MR) is 43.9 cm³/mol. The minimum atomic E-state index is -0.0136. The zero-order chi connectivity index (χ0) is 8.53. The molecule has 1 amide bonds. The van der Waals surface area contributed by atoms with Gasteiger partial charge in [-0.1, -0.05) is 19.8 Å². The van der Waals surface area contributed by atoms with Crippen LogP contribution in [0.1, 0.15) is 39.5 Å². The third-order valence-electron chi connectivity index (χ3n) is 1.34. The Bertz CT molecular complexity index is 104. The van der Waals surface area contributed by atoms with Gasteiger partial charge in [0.15, 0.2) is 0 Å². The van der Waals surface area contributed by atoms with Gasteiger partial charge in [-0.05, 0) is 13.3 Å². The lowest BCUT2D eigenvalue weighted by Crippen LogP contribution is -2.22. The number of rotatable bonds is 6. The van der Waals surface area contributed by atoms with Crippen LogP contribution in [0.25, 0.3) is 0 Å². The van der Waals surface area contributed by atoms with Crippen molar-refractivity contribution in [2.24, 2.45) is 0 Å². The second-order valence-corrected chi connectivity index (χ2v) is 2.42. The van der Waals surface area contributed by atoms with Crippen LogP contribution in [-0.4, -0.2) is 12.5 Å². The number of nitrogens with one attached hydrogen (secondary N) is 1. The van der Waals surface area contributed by atoms with E-state index in [1.54, 1.807) is 0 Å². The first kappa shape index (κ1) is 10.4. The molecule has 0 aliphatic carbocycles. The van der Waals surface area contributed by atoms with E-state index in [0.29, 0.717) is 13.0 Å². The maximum absolute atomic E-state index is 10.8. The van der Waals surface area contributed by atoms with Crippen LogP contribution in [0.4, 0.5) is 0 Å². The topological polar surface area (TPSA) is 38.3 Å². The van der Waals surface area contributed by atoms with E-state index in [1.807, 2.05) is 6.92 Å². The van der Waals surface area contributed by atoms with Gasteiger partial charge >= 0.3 is 0 Å². The maximum atomic E-state index is 10.8. The summed E-state index contributed by atoms with van der Waals surface area (Å²) < 4.78 is 0. The fraction of sp³-hybridized carbons (Fsp3) is 0.875. The van der Waals surface area contributed by atoms with E-state index in [4.69, 9.17) is 4.84 Å². The summed E-state index contributed by atoms with van der Waals surface area (Å²) in [6.07, 6.45) is 3.78. The summed E-state index contributed by atoms with van der Waals surface area (Å²) in [5, 5.41) is 0. The molecule has 11 heavy (non-hydrogen) atoms. The van der Waals surface area contributed by atoms with Crippen molar-refractivity contribution in [3.63, 3.8) is 0 Å². The molecule has 0 aromatic rings. The maximum Gasteiger partial charge on any atom is 0.243 e. The van der Waals surface area contributed by atoms with E-state index < -0.39 is 0 Å². The minimum Gasteiger partial charge on any atom is -0.274 e. The molecule has 0 aliphatic heterocycles. The van der Waals surface area contributed by atoms with Crippen molar-refractivity contribution >= 4 is 5.91 Å². The molecule has 0 aliphatic rings. The number of hydroxylamine groups is 1. The Morgan fingerprint density at radius 1 is 1.36 bits per heavy atom. The van der Waals surface area contributed by atoms with Gasteiger partial charge in [0.2, 0.25) is 5.91 Å². The molecule has 1 N–H and O–H groups in total. The van der Waals surface area contributed by atoms with Crippen LogP contribution in [0.5, 0.6) is 0 Å². The summed E-state index contributed by atoms with van der Waals surface area (Å²) in [4.78, 5) is 15.6. The van der Waals surface area contributed by atoms with Crippen LogP contribution >= 0.6 is 0 Å². The second kappa shape index (κ2) is 7.54. The molecule has 0 radical (unpaired) electrons. The Labute approximate surface area is 68.1 Å². The van der Waals surface area contributed by atoms with Crippen LogP contribution in [-0.2, 0) is 9.63 Å². The lowest BCUT2D eigenvalue weighted by Gasteiger charge is -2.01. The number of carbonyl (C=O) groups is 1. The highest BCUT2D eigenvalue weighted by Gasteiger charge is 1.98. The molecule has 0 saturated heterocycles. The third-order valence-corrected chi connectivity index (χ3v) is 1.34. The first-order valence-electron chi connectivity index (χ1n) is 4.21. The smallest absolute Gasteiger partial charge is 0.243 e. The van der Waals surface area contributed by atoms with Crippen molar-refractivity contribution in [2.75, 3.05) is 6.61 Å². The van der Waals surface area contributed by atoms with Gasteiger partial charge in [0, 0.05) is 6.42 Å². The van der Waals surface area contributed by atoms with Crippen molar-refractivity contribution in [1.82, 2.24) is 5.48 Å². The Hall–Kier alpha value is -0.570. The highest BCUT2D eigenvalue weighted by molar-refractivity contribution is 5.74. The number of hydrogen-bond acceptors (Lipinski definition) is 2. The molecule has 0 fully saturated rings. The first-order valence-corrected chi connectivity index (χ1v) is 4.21. The van der Waals surface area contributed by atoms with Gasteiger partial charge in [0.1, 0.15) is 0 Å². The molecule has 0 rings (SSSR count). The van der Waals surface area contributed by atoms with Gasteiger partial charge in [-0.3, -0.25) is 9.63 Å². The van der Waals surface area contributed by atoms with Crippen LogP contribution in [0, 0.1) is 0 Å². The number of hydrogen-bond donors (Lipinski definition) is 1. The van der Waals surface area contributed by atoms with Crippen molar-refractivity contribution in [3.8, 4) is 0 Å². The molecule has 3 heteroatoms. The molecule has 0 spiro atoms. The van der Waals surface area contributed by atoms with E-state index >= 15 is 0 Å². The Balaban J connectivity index is 3.09. The number of unbranched alkanes of at least 4 members (excludes halogenated alkanes) is 2. The molecule has 3 nitrogen and oxygen atoms in total. The SMILES string of the molecule is CCCCCC(=O)NOCC. The molecule has 0 atom stereocenters. The summed E-state index contributed by atoms with van der Waals surface area (Å²) in [6, 6.07) is 0. The van der Waals surface area contributed by atoms with Gasteiger partial charge in [-0.25, -0.2) is 5.48 Å². The Morgan fingerprint density at radius 3 is 2.64 bits per heavy atom. The zero-order valence-corrected chi connectivity index (χ0v) is 7.35. The molecule has 0 saturated carbocycles. The fourth-order valence-corrected chi connectivity index (χ4v) is 0.739. The van der Waals surface area contributed by atoms with E-state index in [1.165, 1.54) is 0 Å². The minimum absolute atomic E-state index is 0.0136. The van der Waals surface area contributed by atoms with Crippen LogP contribution in [0.15, 0.2) is 0 Å². The van der Waals surface area contributed by atoms with Gasteiger partial charge < -0.3 is 0 Å². The molecule has 0 bridgehead atoms. The van der Waals surface area contributed by atoms with Crippen molar-refractivity contribution in [3.05, 3.63) is 0 Å². The first-order chi connectivity index (χ1) is 5.31. The summed E-state index contributed by atoms with van der Waals surface area (Å²) in [5.41, 5.74) is 2.35. The molecule has 0 aromatic heterocycles. The molecular formula is C8H17NO2. The standard InChI is InChI=1S/C8H17NO2/c1-3-5-6-7-8(10)9-11-4-2/h3-7H2,1-2H3,(H,9,10). The van der Waals surface area contributed by atoms with Crippen molar-refractivity contribution < 1.29 is 9.63 Å². The second-order valence-electron chi connectivity index (χ2n) is 2.42. The third kappa shape index (κ3) is 7.33. The van der Waals surface area contributed by atoms with Gasteiger partial charge in [-0.2, -0.15) is 0 Å². The van der Waals surface area contributed by atoms with E-state index in [2.05, 4.69) is 12.4 Å². The molecule has 0 heterocycles. The monoisotopic (exact) mass is 159 g/mol. The lowest BCUT2D eigenvalue weighted by molar-refractivity contribution is -0.133. The van der Waals surface area contributed by atoms with Gasteiger partial charge in [0.05, 0.1) is 6.61 Å². The Morgan fingerprint density at radius 2 is 2.09 bits per heavy atom. The zero-order valence-electron chi connectivity index (χ0n) is 7.35. The average molecular weight is 159 g/mol. The highest BCUT2D eigenvalue weighted by atomic mass is 16.6.